The summed E-state index contributed by atoms with van der Waals surface area (Å²) in [7, 11) is 0. The first-order chi connectivity index (χ1) is 11.0. The highest BCUT2D eigenvalue weighted by atomic mass is 19.1. The number of aromatic nitrogens is 2. The van der Waals surface area contributed by atoms with E-state index in [1.54, 1.807) is 16.8 Å². The van der Waals surface area contributed by atoms with Gasteiger partial charge in [-0.3, -0.25) is 9.59 Å². The van der Waals surface area contributed by atoms with Crippen LogP contribution in [0.25, 0.3) is 5.69 Å². The maximum atomic E-state index is 13.0. The number of hydrogen-bond donors (Lipinski definition) is 2. The van der Waals surface area contributed by atoms with Crippen molar-refractivity contribution < 1.29 is 14.0 Å². The number of nitrogens with two attached hydrogens (primary N) is 1. The van der Waals surface area contributed by atoms with Crippen molar-refractivity contribution in [1.29, 1.82) is 0 Å². The number of carbonyl (C=O) groups excluding carboxylic acids is 2. The zero-order valence-electron chi connectivity index (χ0n) is 12.9. The van der Waals surface area contributed by atoms with Gasteiger partial charge in [0.25, 0.3) is 5.91 Å². The maximum absolute atomic E-state index is 13.0. The van der Waals surface area contributed by atoms with E-state index < -0.39 is 5.91 Å². The Morgan fingerprint density at radius 3 is 2.61 bits per heavy atom. The molecule has 1 aromatic carbocycles. The van der Waals surface area contributed by atoms with Crippen LogP contribution in [0.4, 0.5) is 4.39 Å². The molecule has 1 heterocycles. The number of nitrogens with one attached hydrogen (secondary N) is 1. The normalized spacial score (nSPS) is 10.5. The molecule has 0 aliphatic heterocycles. The van der Waals surface area contributed by atoms with Gasteiger partial charge in [0.05, 0.1) is 23.1 Å². The van der Waals surface area contributed by atoms with Crippen molar-refractivity contribution in [3.05, 3.63) is 47.5 Å². The highest BCUT2D eigenvalue weighted by Gasteiger charge is 2.16. The van der Waals surface area contributed by atoms with Gasteiger partial charge in [-0.1, -0.05) is 6.92 Å². The molecule has 1 aromatic heterocycles. The summed E-state index contributed by atoms with van der Waals surface area (Å²) in [4.78, 5) is 22.9. The third-order valence-corrected chi connectivity index (χ3v) is 3.41. The van der Waals surface area contributed by atoms with Gasteiger partial charge >= 0.3 is 0 Å². The van der Waals surface area contributed by atoms with E-state index in [9.17, 15) is 14.0 Å². The summed E-state index contributed by atoms with van der Waals surface area (Å²) in [5.41, 5.74) is 6.95. The number of benzene rings is 1. The lowest BCUT2D eigenvalue weighted by atomic mass is 10.2. The predicted octanol–water partition coefficient (Wildman–Crippen LogP) is 1.57. The van der Waals surface area contributed by atoms with Crippen LogP contribution in [-0.2, 0) is 11.2 Å². The van der Waals surface area contributed by atoms with E-state index in [1.165, 1.54) is 18.3 Å². The molecule has 2 aromatic rings. The molecule has 122 valence electrons. The number of hydrogen-bond acceptors (Lipinski definition) is 3. The van der Waals surface area contributed by atoms with Gasteiger partial charge in [-0.05, 0) is 37.1 Å². The lowest BCUT2D eigenvalue weighted by Gasteiger charge is -2.08. The number of primary amides is 1. The Morgan fingerprint density at radius 2 is 2.00 bits per heavy atom. The zero-order chi connectivity index (χ0) is 16.8. The topological polar surface area (TPSA) is 90.0 Å². The van der Waals surface area contributed by atoms with E-state index in [0.29, 0.717) is 30.6 Å². The molecule has 0 aliphatic carbocycles. The van der Waals surface area contributed by atoms with Crippen molar-refractivity contribution in [2.24, 2.45) is 5.73 Å². The first-order valence-corrected chi connectivity index (χ1v) is 7.42. The van der Waals surface area contributed by atoms with Crippen LogP contribution in [0.15, 0.2) is 30.5 Å². The molecule has 7 heteroatoms. The Morgan fingerprint density at radius 1 is 1.30 bits per heavy atom. The molecule has 0 saturated carbocycles. The van der Waals surface area contributed by atoms with Crippen LogP contribution < -0.4 is 11.1 Å². The van der Waals surface area contributed by atoms with Crippen LogP contribution in [0, 0.1) is 5.82 Å². The number of carbonyl (C=O) groups is 2. The van der Waals surface area contributed by atoms with E-state index in [4.69, 9.17) is 5.73 Å². The quantitative estimate of drug-likeness (QED) is 0.759. The molecular formula is C16H19FN4O2. The molecular weight excluding hydrogens is 299 g/mol. The highest BCUT2D eigenvalue weighted by Crippen LogP contribution is 2.16. The highest BCUT2D eigenvalue weighted by molar-refractivity contribution is 5.95. The maximum Gasteiger partial charge on any atom is 0.254 e. The second-order valence-electron chi connectivity index (χ2n) is 5.07. The lowest BCUT2D eigenvalue weighted by molar-refractivity contribution is -0.118. The van der Waals surface area contributed by atoms with Crippen molar-refractivity contribution in [3.63, 3.8) is 0 Å². The molecule has 2 amide bonds. The second kappa shape index (κ2) is 7.53. The minimum absolute atomic E-state index is 0.232. The summed E-state index contributed by atoms with van der Waals surface area (Å²) in [6.07, 6.45) is 2.82. The van der Waals surface area contributed by atoms with Gasteiger partial charge in [-0.2, -0.15) is 5.10 Å². The van der Waals surface area contributed by atoms with Gasteiger partial charge in [-0.15, -0.1) is 0 Å². The second-order valence-corrected chi connectivity index (χ2v) is 5.07. The van der Waals surface area contributed by atoms with Gasteiger partial charge in [-0.25, -0.2) is 9.07 Å². The Hall–Kier alpha value is -2.70. The van der Waals surface area contributed by atoms with Crippen LogP contribution in [0.1, 0.15) is 35.8 Å². The summed E-state index contributed by atoms with van der Waals surface area (Å²) >= 11 is 0. The molecule has 2 rings (SSSR count). The number of halogens is 1. The summed E-state index contributed by atoms with van der Waals surface area (Å²) in [6.45, 7) is 2.29. The summed E-state index contributed by atoms with van der Waals surface area (Å²) < 4.78 is 14.6. The largest absolute Gasteiger partial charge is 0.370 e. The van der Waals surface area contributed by atoms with Crippen LogP contribution in [0.3, 0.4) is 0 Å². The third kappa shape index (κ3) is 4.15. The molecule has 0 bridgehead atoms. The van der Waals surface area contributed by atoms with E-state index in [-0.39, 0.29) is 18.1 Å². The third-order valence-electron chi connectivity index (χ3n) is 3.41. The summed E-state index contributed by atoms with van der Waals surface area (Å²) in [5.74, 6) is -0.969. The molecule has 0 spiro atoms. The minimum atomic E-state index is -0.391. The molecule has 0 unspecified atom stereocenters. The molecule has 0 saturated heterocycles. The number of amides is 2. The SMILES string of the molecule is CCc1c(C(=O)NCCCC(N)=O)cnn1-c1ccc(F)cc1. The van der Waals surface area contributed by atoms with Crippen molar-refractivity contribution in [1.82, 2.24) is 15.1 Å². The van der Waals surface area contributed by atoms with Crippen LogP contribution >= 0.6 is 0 Å². The van der Waals surface area contributed by atoms with E-state index >= 15 is 0 Å². The van der Waals surface area contributed by atoms with Crippen molar-refractivity contribution >= 4 is 11.8 Å². The van der Waals surface area contributed by atoms with Gasteiger partial charge in [0.1, 0.15) is 5.82 Å². The molecule has 6 nitrogen and oxygen atoms in total. The summed E-state index contributed by atoms with van der Waals surface area (Å²) in [5, 5.41) is 6.97. The van der Waals surface area contributed by atoms with Crippen molar-refractivity contribution in [3.8, 4) is 5.69 Å². The van der Waals surface area contributed by atoms with Gasteiger partial charge in [0.15, 0.2) is 0 Å². The average molecular weight is 318 g/mol. The fourth-order valence-electron chi connectivity index (χ4n) is 2.27. The van der Waals surface area contributed by atoms with Gasteiger partial charge in [0, 0.05) is 13.0 Å². The monoisotopic (exact) mass is 318 g/mol. The Kier molecular flexibility index (Phi) is 5.46. The molecule has 3 N–H and O–H groups in total. The number of nitrogens with zero attached hydrogens (tertiary/aromatic N) is 2. The minimum Gasteiger partial charge on any atom is -0.370 e. The number of rotatable bonds is 7. The molecule has 0 fully saturated rings. The standard InChI is InChI=1S/C16H19FN4O2/c1-2-14-13(16(23)19-9-3-4-15(18)22)10-20-21(14)12-7-5-11(17)6-8-12/h5-8,10H,2-4,9H2,1H3,(H2,18,22)(H,19,23). The molecule has 23 heavy (non-hydrogen) atoms. The lowest BCUT2D eigenvalue weighted by Crippen LogP contribution is -2.26. The molecule has 0 atom stereocenters. The predicted molar refractivity (Wildman–Crippen MR) is 83.7 cm³/mol. The zero-order valence-corrected chi connectivity index (χ0v) is 12.9. The van der Waals surface area contributed by atoms with Gasteiger partial charge in [0.2, 0.25) is 5.91 Å². The summed E-state index contributed by atoms with van der Waals surface area (Å²) in [6, 6.07) is 5.91. The van der Waals surface area contributed by atoms with Crippen molar-refractivity contribution in [2.75, 3.05) is 6.54 Å². The van der Waals surface area contributed by atoms with E-state index in [0.717, 1.165) is 5.69 Å². The van der Waals surface area contributed by atoms with Crippen LogP contribution in [0.2, 0.25) is 0 Å². The Labute approximate surface area is 133 Å². The van der Waals surface area contributed by atoms with E-state index in [1.807, 2.05) is 6.92 Å². The Bertz CT molecular complexity index is 695. The van der Waals surface area contributed by atoms with E-state index in [2.05, 4.69) is 10.4 Å². The fraction of sp³-hybridized carbons (Fsp3) is 0.312. The molecule has 0 radical (unpaired) electrons. The van der Waals surface area contributed by atoms with Crippen molar-refractivity contribution in [2.45, 2.75) is 26.2 Å². The first kappa shape index (κ1) is 16.7. The smallest absolute Gasteiger partial charge is 0.254 e. The Balaban J connectivity index is 2.12. The molecule has 0 aliphatic rings. The van der Waals surface area contributed by atoms with Crippen LogP contribution in [0.5, 0.6) is 0 Å². The van der Waals surface area contributed by atoms with Crippen LogP contribution in [-0.4, -0.2) is 28.1 Å². The van der Waals surface area contributed by atoms with Gasteiger partial charge < -0.3 is 11.1 Å². The first-order valence-electron chi connectivity index (χ1n) is 7.42. The fourth-order valence-corrected chi connectivity index (χ4v) is 2.27. The average Bonchev–Trinajstić information content (AvgIpc) is 2.96.